The van der Waals surface area contributed by atoms with Crippen molar-refractivity contribution in [2.24, 2.45) is 0 Å². The second-order valence-electron chi connectivity index (χ2n) is 5.33. The van der Waals surface area contributed by atoms with Crippen molar-refractivity contribution >= 4 is 10.9 Å². The van der Waals surface area contributed by atoms with Crippen LogP contribution in [0, 0.1) is 0 Å². The summed E-state index contributed by atoms with van der Waals surface area (Å²) in [7, 11) is 2.17. The molecule has 4 nitrogen and oxygen atoms in total. The van der Waals surface area contributed by atoms with Crippen LogP contribution in [0.2, 0.25) is 0 Å². The van der Waals surface area contributed by atoms with Crippen molar-refractivity contribution in [1.29, 1.82) is 0 Å². The fourth-order valence-corrected chi connectivity index (χ4v) is 2.90. The van der Waals surface area contributed by atoms with E-state index in [1.54, 1.807) is 10.9 Å². The lowest BCUT2D eigenvalue weighted by Gasteiger charge is -2.19. The van der Waals surface area contributed by atoms with Gasteiger partial charge in [-0.1, -0.05) is 12.1 Å². The Morgan fingerprint density at radius 2 is 2.21 bits per heavy atom. The third kappa shape index (κ3) is 2.40. The Bertz CT molecular complexity index is 635. The molecular weight excluding hydrogens is 238 g/mol. The minimum atomic E-state index is 0.0752. The van der Waals surface area contributed by atoms with Gasteiger partial charge in [-0.15, -0.1) is 0 Å². The van der Waals surface area contributed by atoms with Crippen LogP contribution in [-0.2, 0) is 6.54 Å². The molecule has 4 heteroatoms. The summed E-state index contributed by atoms with van der Waals surface area (Å²) in [5.74, 6) is 0. The Kier molecular flexibility index (Phi) is 3.34. The quantitative estimate of drug-likeness (QED) is 0.842. The number of nitrogens with zero attached hydrogens (tertiary/aromatic N) is 3. The molecule has 3 rings (SSSR count). The van der Waals surface area contributed by atoms with E-state index in [4.69, 9.17) is 0 Å². The number of hydrogen-bond acceptors (Lipinski definition) is 3. The van der Waals surface area contributed by atoms with Gasteiger partial charge in [-0.3, -0.25) is 9.36 Å². The average molecular weight is 257 g/mol. The molecular formula is C15H19N3O. The van der Waals surface area contributed by atoms with Crippen molar-refractivity contribution in [3.63, 3.8) is 0 Å². The highest BCUT2D eigenvalue weighted by Gasteiger charge is 2.20. The normalized spacial score (nSPS) is 20.2. The molecule has 0 bridgehead atoms. The summed E-state index contributed by atoms with van der Waals surface area (Å²) >= 11 is 0. The summed E-state index contributed by atoms with van der Waals surface area (Å²) in [6.45, 7) is 1.93. The number of aromatic nitrogens is 2. The molecule has 1 atom stereocenters. The summed E-state index contributed by atoms with van der Waals surface area (Å²) in [4.78, 5) is 19.1. The van der Waals surface area contributed by atoms with Crippen molar-refractivity contribution in [1.82, 2.24) is 14.5 Å². The van der Waals surface area contributed by atoms with Crippen LogP contribution < -0.4 is 5.56 Å². The summed E-state index contributed by atoms with van der Waals surface area (Å²) < 4.78 is 1.74. The number of fused-ring (bicyclic) bond motifs is 1. The van der Waals surface area contributed by atoms with Crippen LogP contribution >= 0.6 is 0 Å². The highest BCUT2D eigenvalue weighted by atomic mass is 16.1. The van der Waals surface area contributed by atoms with E-state index in [0.29, 0.717) is 11.4 Å². The van der Waals surface area contributed by atoms with Gasteiger partial charge in [-0.25, -0.2) is 4.98 Å². The van der Waals surface area contributed by atoms with Gasteiger partial charge in [0.15, 0.2) is 0 Å². The average Bonchev–Trinajstić information content (AvgIpc) is 2.84. The minimum Gasteiger partial charge on any atom is -0.303 e. The highest BCUT2D eigenvalue weighted by molar-refractivity contribution is 5.76. The Morgan fingerprint density at radius 1 is 1.37 bits per heavy atom. The third-order valence-corrected chi connectivity index (χ3v) is 4.11. The zero-order chi connectivity index (χ0) is 13.2. The fourth-order valence-electron chi connectivity index (χ4n) is 2.90. The maximum absolute atomic E-state index is 12.3. The van der Waals surface area contributed by atoms with Crippen LogP contribution in [0.5, 0.6) is 0 Å². The van der Waals surface area contributed by atoms with Gasteiger partial charge in [-0.05, 0) is 45.0 Å². The Hall–Kier alpha value is -1.68. The number of rotatable bonds is 3. The van der Waals surface area contributed by atoms with Gasteiger partial charge in [-0.2, -0.15) is 0 Å². The van der Waals surface area contributed by atoms with E-state index in [1.807, 2.05) is 24.3 Å². The number of aryl methyl sites for hydroxylation is 1. The van der Waals surface area contributed by atoms with E-state index in [1.165, 1.54) is 19.4 Å². The number of benzene rings is 1. The summed E-state index contributed by atoms with van der Waals surface area (Å²) in [5.41, 5.74) is 0.855. The second-order valence-corrected chi connectivity index (χ2v) is 5.33. The molecule has 1 aliphatic rings. The van der Waals surface area contributed by atoms with E-state index in [0.717, 1.165) is 18.5 Å². The maximum atomic E-state index is 12.3. The fraction of sp³-hybridized carbons (Fsp3) is 0.467. The zero-order valence-corrected chi connectivity index (χ0v) is 11.2. The van der Waals surface area contributed by atoms with Crippen molar-refractivity contribution in [3.8, 4) is 0 Å². The summed E-state index contributed by atoms with van der Waals surface area (Å²) in [6.07, 6.45) is 5.22. The van der Waals surface area contributed by atoms with Gasteiger partial charge in [0, 0.05) is 12.6 Å². The van der Waals surface area contributed by atoms with Crippen molar-refractivity contribution in [2.75, 3.05) is 13.6 Å². The largest absolute Gasteiger partial charge is 0.303 e. The Balaban J connectivity index is 1.81. The minimum absolute atomic E-state index is 0.0752. The first-order chi connectivity index (χ1) is 9.25. The van der Waals surface area contributed by atoms with Gasteiger partial charge in [0.1, 0.15) is 0 Å². The lowest BCUT2D eigenvalue weighted by atomic mass is 10.1. The van der Waals surface area contributed by atoms with Gasteiger partial charge in [0.25, 0.3) is 5.56 Å². The molecule has 2 aromatic rings. The molecule has 2 heterocycles. The Labute approximate surface area is 112 Å². The topological polar surface area (TPSA) is 38.1 Å². The highest BCUT2D eigenvalue weighted by Crippen LogP contribution is 2.18. The van der Waals surface area contributed by atoms with Crippen LogP contribution in [-0.4, -0.2) is 34.1 Å². The number of hydrogen-bond donors (Lipinski definition) is 0. The number of likely N-dealkylation sites (tertiary alicyclic amines) is 1. The Morgan fingerprint density at radius 3 is 3.00 bits per heavy atom. The second kappa shape index (κ2) is 5.13. The molecule has 0 spiro atoms. The van der Waals surface area contributed by atoms with Crippen LogP contribution in [0.1, 0.15) is 19.3 Å². The summed E-state index contributed by atoms with van der Waals surface area (Å²) in [5, 5.41) is 0.713. The van der Waals surface area contributed by atoms with E-state index in [9.17, 15) is 4.79 Å². The zero-order valence-electron chi connectivity index (χ0n) is 11.2. The molecule has 1 saturated heterocycles. The predicted molar refractivity (Wildman–Crippen MR) is 76.3 cm³/mol. The summed E-state index contributed by atoms with van der Waals surface area (Å²) in [6, 6.07) is 8.14. The van der Waals surface area contributed by atoms with Crippen molar-refractivity contribution in [3.05, 3.63) is 40.9 Å². The van der Waals surface area contributed by atoms with Crippen molar-refractivity contribution < 1.29 is 0 Å². The van der Waals surface area contributed by atoms with Crippen LogP contribution in [0.3, 0.4) is 0 Å². The molecule has 100 valence electrons. The van der Waals surface area contributed by atoms with Crippen molar-refractivity contribution in [2.45, 2.75) is 31.8 Å². The number of para-hydroxylation sites is 1. The molecule has 1 fully saturated rings. The standard InChI is InChI=1S/C15H19N3O/c1-17-9-4-5-12(17)8-10-18-11-16-14-7-3-2-6-13(14)15(18)19/h2-3,6-7,11-12H,4-5,8-10H2,1H3. The molecule has 1 unspecified atom stereocenters. The third-order valence-electron chi connectivity index (χ3n) is 4.11. The molecule has 0 N–H and O–H groups in total. The first-order valence-corrected chi connectivity index (χ1v) is 6.90. The molecule has 0 saturated carbocycles. The molecule has 19 heavy (non-hydrogen) atoms. The first kappa shape index (κ1) is 12.4. The molecule has 1 aromatic heterocycles. The van der Waals surface area contributed by atoms with Gasteiger partial charge in [0.2, 0.25) is 0 Å². The maximum Gasteiger partial charge on any atom is 0.261 e. The van der Waals surface area contributed by atoms with Crippen LogP contribution in [0.25, 0.3) is 10.9 Å². The molecule has 0 amide bonds. The molecule has 0 aliphatic carbocycles. The SMILES string of the molecule is CN1CCCC1CCn1cnc2ccccc2c1=O. The molecule has 1 aromatic carbocycles. The van der Waals surface area contributed by atoms with E-state index in [-0.39, 0.29) is 5.56 Å². The van der Waals surface area contributed by atoms with E-state index in [2.05, 4.69) is 16.9 Å². The molecule has 0 radical (unpaired) electrons. The molecule has 1 aliphatic heterocycles. The monoisotopic (exact) mass is 257 g/mol. The van der Waals surface area contributed by atoms with E-state index < -0.39 is 0 Å². The van der Waals surface area contributed by atoms with Gasteiger partial charge >= 0.3 is 0 Å². The smallest absolute Gasteiger partial charge is 0.261 e. The lowest BCUT2D eigenvalue weighted by Crippen LogP contribution is -2.28. The van der Waals surface area contributed by atoms with Crippen LogP contribution in [0.15, 0.2) is 35.4 Å². The predicted octanol–water partition coefficient (Wildman–Crippen LogP) is 1.88. The first-order valence-electron chi connectivity index (χ1n) is 6.90. The van der Waals surface area contributed by atoms with Gasteiger partial charge in [0.05, 0.1) is 17.2 Å². The van der Waals surface area contributed by atoms with Crippen LogP contribution in [0.4, 0.5) is 0 Å². The lowest BCUT2D eigenvalue weighted by molar-refractivity contribution is 0.285. The van der Waals surface area contributed by atoms with Gasteiger partial charge < -0.3 is 4.90 Å². The van der Waals surface area contributed by atoms with E-state index >= 15 is 0 Å².